The maximum absolute atomic E-state index is 11.5. The van der Waals surface area contributed by atoms with Gasteiger partial charge in [0.1, 0.15) is 18.1 Å². The first-order valence-electron chi connectivity index (χ1n) is 8.12. The molecule has 2 aromatic carbocycles. The van der Waals surface area contributed by atoms with E-state index in [0.717, 1.165) is 11.1 Å². The first-order chi connectivity index (χ1) is 12.6. The molecule has 3 rings (SSSR count). The number of benzene rings is 2. The van der Waals surface area contributed by atoms with Crippen LogP contribution in [-0.4, -0.2) is 21.4 Å². The van der Waals surface area contributed by atoms with Crippen LogP contribution in [0.25, 0.3) is 0 Å². The predicted molar refractivity (Wildman–Crippen MR) is 101 cm³/mol. The minimum Gasteiger partial charge on any atom is -0.488 e. The number of hydrogen-bond donors (Lipinski definition) is 2. The quantitative estimate of drug-likeness (QED) is 0.527. The van der Waals surface area contributed by atoms with Crippen molar-refractivity contribution in [2.75, 3.05) is 5.43 Å². The van der Waals surface area contributed by atoms with Crippen LogP contribution in [0.3, 0.4) is 0 Å². The number of hydrazone groups is 1. The molecule has 0 fully saturated rings. The first-order valence-corrected chi connectivity index (χ1v) is 8.12. The van der Waals surface area contributed by atoms with Crippen molar-refractivity contribution < 1.29 is 4.74 Å². The Kier molecular flexibility index (Phi) is 5.38. The van der Waals surface area contributed by atoms with Gasteiger partial charge in [-0.15, -0.1) is 10.2 Å². The van der Waals surface area contributed by atoms with Gasteiger partial charge in [0.15, 0.2) is 0 Å². The molecule has 0 radical (unpaired) electrons. The Hall–Kier alpha value is -3.48. The highest BCUT2D eigenvalue weighted by atomic mass is 16.5. The molecule has 0 bridgehead atoms. The lowest BCUT2D eigenvalue weighted by Gasteiger charge is -2.10. The van der Waals surface area contributed by atoms with Gasteiger partial charge < -0.3 is 4.74 Å². The average molecular weight is 349 g/mol. The van der Waals surface area contributed by atoms with Gasteiger partial charge in [-0.05, 0) is 37.1 Å². The van der Waals surface area contributed by atoms with Crippen LogP contribution < -0.4 is 15.7 Å². The maximum atomic E-state index is 11.5. The first kappa shape index (κ1) is 17.3. The monoisotopic (exact) mass is 349 g/mol. The lowest BCUT2D eigenvalue weighted by molar-refractivity contribution is 0.305. The van der Waals surface area contributed by atoms with Crippen LogP contribution in [0.4, 0.5) is 5.95 Å². The summed E-state index contributed by atoms with van der Waals surface area (Å²) in [7, 11) is 0. The normalized spacial score (nSPS) is 10.8. The highest BCUT2D eigenvalue weighted by Gasteiger charge is 2.03. The molecule has 0 atom stereocenters. The summed E-state index contributed by atoms with van der Waals surface area (Å²) < 4.78 is 5.94. The molecule has 0 aliphatic heterocycles. The molecule has 0 unspecified atom stereocenters. The summed E-state index contributed by atoms with van der Waals surface area (Å²) in [6.45, 7) is 4.11. The Morgan fingerprint density at radius 3 is 2.69 bits per heavy atom. The molecule has 7 nitrogen and oxygen atoms in total. The molecule has 1 aromatic heterocycles. The van der Waals surface area contributed by atoms with E-state index in [-0.39, 0.29) is 11.5 Å². The molecule has 0 aliphatic carbocycles. The SMILES string of the molecule is Cc1ccccc1COc1ccccc1/C=N/Nc1nnc(C)c(=O)[nH]1. The molecule has 0 amide bonds. The van der Waals surface area contributed by atoms with Crippen molar-refractivity contribution in [2.45, 2.75) is 20.5 Å². The van der Waals surface area contributed by atoms with Gasteiger partial charge in [-0.1, -0.05) is 36.4 Å². The van der Waals surface area contributed by atoms with Gasteiger partial charge in [-0.25, -0.2) is 5.43 Å². The van der Waals surface area contributed by atoms with Crippen LogP contribution >= 0.6 is 0 Å². The second-order valence-corrected chi connectivity index (χ2v) is 5.71. The zero-order valence-electron chi connectivity index (χ0n) is 14.6. The number of nitrogens with one attached hydrogen (secondary N) is 2. The Morgan fingerprint density at radius 1 is 1.12 bits per heavy atom. The minimum atomic E-state index is -0.306. The van der Waals surface area contributed by atoms with Gasteiger partial charge >= 0.3 is 0 Å². The fraction of sp³-hybridized carbons (Fsp3) is 0.158. The molecule has 3 aromatic rings. The van der Waals surface area contributed by atoms with Crippen LogP contribution in [0, 0.1) is 13.8 Å². The Labute approximate surface area is 150 Å². The smallest absolute Gasteiger partial charge is 0.274 e. The molecule has 0 aliphatic rings. The number of H-pyrrole nitrogens is 1. The summed E-state index contributed by atoms with van der Waals surface area (Å²) in [4.78, 5) is 14.0. The van der Waals surface area contributed by atoms with Crippen molar-refractivity contribution in [1.29, 1.82) is 0 Å². The van der Waals surface area contributed by atoms with E-state index in [1.807, 2.05) is 42.5 Å². The predicted octanol–water partition coefficient (Wildman–Crippen LogP) is 2.81. The van der Waals surface area contributed by atoms with Gasteiger partial charge in [0.2, 0.25) is 5.95 Å². The van der Waals surface area contributed by atoms with Crippen molar-refractivity contribution in [3.63, 3.8) is 0 Å². The van der Waals surface area contributed by atoms with E-state index >= 15 is 0 Å². The van der Waals surface area contributed by atoms with Gasteiger partial charge in [-0.3, -0.25) is 9.78 Å². The number of ether oxygens (including phenoxy) is 1. The fourth-order valence-corrected chi connectivity index (χ4v) is 2.25. The molecule has 0 spiro atoms. The summed E-state index contributed by atoms with van der Waals surface area (Å²) in [5.74, 6) is 0.889. The van der Waals surface area contributed by atoms with E-state index in [1.54, 1.807) is 13.1 Å². The maximum Gasteiger partial charge on any atom is 0.274 e. The summed E-state index contributed by atoms with van der Waals surface area (Å²) in [6.07, 6.45) is 1.60. The number of anilines is 1. The lowest BCUT2D eigenvalue weighted by Crippen LogP contribution is -2.15. The second kappa shape index (κ2) is 8.06. The molecule has 7 heteroatoms. The van der Waals surface area contributed by atoms with Gasteiger partial charge in [0.05, 0.1) is 6.21 Å². The summed E-state index contributed by atoms with van der Waals surface area (Å²) in [5, 5.41) is 11.6. The topological polar surface area (TPSA) is 92.3 Å². The van der Waals surface area contributed by atoms with E-state index in [9.17, 15) is 4.79 Å². The highest BCUT2D eigenvalue weighted by Crippen LogP contribution is 2.18. The van der Waals surface area contributed by atoms with Crippen molar-refractivity contribution in [2.24, 2.45) is 5.10 Å². The minimum absolute atomic E-state index is 0.176. The average Bonchev–Trinajstić information content (AvgIpc) is 2.65. The highest BCUT2D eigenvalue weighted by molar-refractivity contribution is 5.83. The number of aromatic amines is 1. The largest absolute Gasteiger partial charge is 0.488 e. The summed E-state index contributed by atoms with van der Waals surface area (Å²) >= 11 is 0. The van der Waals surface area contributed by atoms with Crippen LogP contribution in [0.5, 0.6) is 5.75 Å². The Bertz CT molecular complexity index is 981. The van der Waals surface area contributed by atoms with E-state index in [2.05, 4.69) is 38.7 Å². The number of para-hydroxylation sites is 1. The molecule has 26 heavy (non-hydrogen) atoms. The number of aryl methyl sites for hydroxylation is 2. The second-order valence-electron chi connectivity index (χ2n) is 5.71. The van der Waals surface area contributed by atoms with Crippen molar-refractivity contribution in [3.05, 3.63) is 81.3 Å². The molecular weight excluding hydrogens is 330 g/mol. The third-order valence-corrected chi connectivity index (χ3v) is 3.80. The van der Waals surface area contributed by atoms with Crippen molar-refractivity contribution >= 4 is 12.2 Å². The van der Waals surface area contributed by atoms with Crippen molar-refractivity contribution in [3.8, 4) is 5.75 Å². The van der Waals surface area contributed by atoms with E-state index in [1.165, 1.54) is 5.56 Å². The third kappa shape index (κ3) is 4.32. The zero-order chi connectivity index (χ0) is 18.4. The molecule has 2 N–H and O–H groups in total. The number of hydrogen-bond acceptors (Lipinski definition) is 6. The van der Waals surface area contributed by atoms with Crippen LogP contribution in [0.2, 0.25) is 0 Å². The van der Waals surface area contributed by atoms with Crippen LogP contribution in [0.15, 0.2) is 58.4 Å². The standard InChI is InChI=1S/C19H19N5O2/c1-13-7-3-4-9-16(13)12-26-17-10-6-5-8-15(17)11-20-23-19-21-18(25)14(2)22-24-19/h3-11H,12H2,1-2H3,(H2,21,23,24,25)/b20-11+. The molecule has 0 saturated heterocycles. The summed E-state index contributed by atoms with van der Waals surface area (Å²) in [6, 6.07) is 15.7. The van der Waals surface area contributed by atoms with Crippen LogP contribution in [-0.2, 0) is 6.61 Å². The lowest BCUT2D eigenvalue weighted by atomic mass is 10.1. The Morgan fingerprint density at radius 2 is 1.88 bits per heavy atom. The third-order valence-electron chi connectivity index (χ3n) is 3.80. The van der Waals surface area contributed by atoms with Crippen LogP contribution in [0.1, 0.15) is 22.4 Å². The number of rotatable bonds is 6. The molecule has 1 heterocycles. The molecular formula is C19H19N5O2. The van der Waals surface area contributed by atoms with Crippen molar-refractivity contribution in [1.82, 2.24) is 15.2 Å². The zero-order valence-corrected chi connectivity index (χ0v) is 14.6. The number of nitrogens with zero attached hydrogens (tertiary/aromatic N) is 3. The van der Waals surface area contributed by atoms with Gasteiger partial charge in [-0.2, -0.15) is 5.10 Å². The van der Waals surface area contributed by atoms with Gasteiger partial charge in [0.25, 0.3) is 5.56 Å². The van der Waals surface area contributed by atoms with E-state index in [0.29, 0.717) is 18.1 Å². The molecule has 132 valence electrons. The summed E-state index contributed by atoms with van der Waals surface area (Å²) in [5.41, 5.74) is 5.76. The fourth-order valence-electron chi connectivity index (χ4n) is 2.25. The number of aromatic nitrogens is 3. The van der Waals surface area contributed by atoms with Gasteiger partial charge in [0, 0.05) is 5.56 Å². The van der Waals surface area contributed by atoms with E-state index < -0.39 is 0 Å². The molecule has 0 saturated carbocycles. The van der Waals surface area contributed by atoms with E-state index in [4.69, 9.17) is 4.74 Å². The Balaban J connectivity index is 1.69.